The van der Waals surface area contributed by atoms with E-state index in [4.69, 9.17) is 10.8 Å². The van der Waals surface area contributed by atoms with Crippen LogP contribution in [0.5, 0.6) is 0 Å². The number of nitrogen functional groups attached to an aromatic ring is 1. The molecule has 168 valence electrons. The van der Waals surface area contributed by atoms with Gasteiger partial charge in [0, 0.05) is 21.0 Å². The molecule has 0 saturated heterocycles. The van der Waals surface area contributed by atoms with Crippen LogP contribution in [0.2, 0.25) is 0 Å². The van der Waals surface area contributed by atoms with Crippen molar-refractivity contribution in [1.82, 2.24) is 0 Å². The molecule has 3 N–H and O–H groups in total. The Hall–Kier alpha value is -3.25. The van der Waals surface area contributed by atoms with Gasteiger partial charge in [-0.25, -0.2) is 9.18 Å². The number of halogens is 2. The summed E-state index contributed by atoms with van der Waals surface area (Å²) in [4.78, 5) is 35.5. The van der Waals surface area contributed by atoms with Gasteiger partial charge in [-0.05, 0) is 64.0 Å². The highest BCUT2D eigenvalue weighted by Gasteiger charge is 2.21. The lowest BCUT2D eigenvalue weighted by molar-refractivity contribution is -0.383. The molecule has 0 atom stereocenters. The van der Waals surface area contributed by atoms with Gasteiger partial charge in [0.1, 0.15) is 11.5 Å². The van der Waals surface area contributed by atoms with Crippen molar-refractivity contribution in [3.63, 3.8) is 0 Å². The van der Waals surface area contributed by atoms with Crippen LogP contribution < -0.4 is 5.73 Å². The van der Waals surface area contributed by atoms with E-state index in [2.05, 4.69) is 0 Å². The molecule has 3 rings (SSSR count). The number of carboxylic acids is 1. The summed E-state index contributed by atoms with van der Waals surface area (Å²) in [5.74, 6) is -1.52. The molecule has 3 aromatic carbocycles. The highest BCUT2D eigenvalue weighted by Crippen LogP contribution is 2.38. The number of hydrogen-bond donors (Lipinski definition) is 2. The Morgan fingerprint density at radius 3 is 2.15 bits per heavy atom. The fourth-order valence-corrected chi connectivity index (χ4v) is 4.87. The second-order valence-corrected chi connectivity index (χ2v) is 8.86. The van der Waals surface area contributed by atoms with Crippen LogP contribution in [0.15, 0.2) is 71.6 Å². The van der Waals surface area contributed by atoms with Gasteiger partial charge in [0.25, 0.3) is 5.69 Å². The van der Waals surface area contributed by atoms with Gasteiger partial charge in [-0.2, -0.15) is 0 Å². The zero-order valence-corrected chi connectivity index (χ0v) is 19.8. The molecule has 0 spiro atoms. The normalized spacial score (nSPS) is 11.6. The Kier molecular flexibility index (Phi) is 7.82. The number of thioether (sulfide) groups is 1. The molecule has 0 fully saturated rings. The molecule has 0 amide bonds. The summed E-state index contributed by atoms with van der Waals surface area (Å²) in [5.41, 5.74) is 6.94. The zero-order chi connectivity index (χ0) is 24.1. The minimum Gasteiger partial charge on any atom is -0.478 e. The second-order valence-electron chi connectivity index (χ2n) is 6.80. The van der Waals surface area contributed by atoms with Gasteiger partial charge >= 0.3 is 5.97 Å². The van der Waals surface area contributed by atoms with Gasteiger partial charge in [0.2, 0.25) is 0 Å². The monoisotopic (exact) mass is 578 g/mol. The number of hydrogen-bond acceptors (Lipinski definition) is 6. The molecule has 0 saturated carbocycles. The number of carbonyl (C=O) groups is 2. The van der Waals surface area contributed by atoms with E-state index in [-0.39, 0.29) is 34.1 Å². The van der Waals surface area contributed by atoms with E-state index >= 15 is 0 Å². The van der Waals surface area contributed by atoms with E-state index in [9.17, 15) is 24.1 Å². The Balaban J connectivity index is 2.04. The number of ketones is 1. The average molecular weight is 578 g/mol. The van der Waals surface area contributed by atoms with Crippen molar-refractivity contribution in [1.29, 1.82) is 0 Å². The molecular formula is C23H16FIN2O5S. The van der Waals surface area contributed by atoms with Crippen molar-refractivity contribution >= 4 is 61.1 Å². The number of nitrogens with two attached hydrogens (primary N) is 1. The SMILES string of the molecule is Nc1ccc(C(I)=C(SCc2ccc(F)cc2)C(=O)c2ccc(C(=O)O)cc2)cc1[N+](=O)[O-]. The lowest BCUT2D eigenvalue weighted by Crippen LogP contribution is -2.05. The third-order valence-corrected chi connectivity index (χ3v) is 7.26. The Morgan fingerprint density at radius 1 is 1.00 bits per heavy atom. The van der Waals surface area contributed by atoms with Crippen LogP contribution in [0, 0.1) is 15.9 Å². The van der Waals surface area contributed by atoms with Crippen LogP contribution in [-0.2, 0) is 5.75 Å². The maximum Gasteiger partial charge on any atom is 0.335 e. The first kappa shape index (κ1) is 24.4. The van der Waals surface area contributed by atoms with Crippen LogP contribution in [-0.4, -0.2) is 21.8 Å². The average Bonchev–Trinajstić information content (AvgIpc) is 2.80. The predicted octanol–water partition coefficient (Wildman–Crippen LogP) is 5.93. The van der Waals surface area contributed by atoms with Gasteiger partial charge in [-0.1, -0.05) is 30.3 Å². The Labute approximate surface area is 205 Å². The molecule has 0 radical (unpaired) electrons. The molecule has 0 unspecified atom stereocenters. The lowest BCUT2D eigenvalue weighted by atomic mass is 10.1. The van der Waals surface area contributed by atoms with Crippen LogP contribution >= 0.6 is 34.4 Å². The highest BCUT2D eigenvalue weighted by molar-refractivity contribution is 14.1. The molecule has 3 aromatic rings. The molecule has 0 aromatic heterocycles. The number of aromatic carboxylic acids is 1. The first-order valence-corrected chi connectivity index (χ1v) is 11.4. The second kappa shape index (κ2) is 10.6. The van der Waals surface area contributed by atoms with Crippen molar-refractivity contribution in [2.75, 3.05) is 5.73 Å². The summed E-state index contributed by atoms with van der Waals surface area (Å²) in [6.07, 6.45) is 0. The van der Waals surface area contributed by atoms with Crippen LogP contribution in [0.3, 0.4) is 0 Å². The van der Waals surface area contributed by atoms with Crippen molar-refractivity contribution in [2.24, 2.45) is 0 Å². The number of anilines is 1. The Morgan fingerprint density at radius 2 is 1.58 bits per heavy atom. The summed E-state index contributed by atoms with van der Waals surface area (Å²) in [5, 5.41) is 20.4. The number of carbonyl (C=O) groups excluding carboxylic acids is 1. The number of benzene rings is 3. The fourth-order valence-electron chi connectivity index (χ4n) is 2.83. The minimum absolute atomic E-state index is 0.00375. The summed E-state index contributed by atoms with van der Waals surface area (Å²) in [6, 6.07) is 15.6. The maximum absolute atomic E-state index is 13.4. The van der Waals surface area contributed by atoms with E-state index in [0.29, 0.717) is 19.8 Å². The largest absolute Gasteiger partial charge is 0.478 e. The van der Waals surface area contributed by atoms with Crippen LogP contribution in [0.1, 0.15) is 31.8 Å². The molecule has 0 bridgehead atoms. The maximum atomic E-state index is 13.4. The molecule has 10 heteroatoms. The van der Waals surface area contributed by atoms with Gasteiger partial charge in [-0.3, -0.25) is 14.9 Å². The van der Waals surface area contributed by atoms with Crippen molar-refractivity contribution < 1.29 is 24.0 Å². The van der Waals surface area contributed by atoms with E-state index in [0.717, 1.165) is 5.56 Å². The number of Topliss-reactive ketones (excluding diaryl/α,β-unsaturated/α-hetero) is 1. The standard InChI is InChI=1S/C23H16FIN2O5S/c24-17-8-1-13(2-9-17)12-33-22(21(28)14-3-5-15(6-4-14)23(29)30)20(25)16-7-10-18(26)19(11-16)27(31)32/h1-11H,12,26H2,(H,29,30). The smallest absolute Gasteiger partial charge is 0.335 e. The van der Waals surface area contributed by atoms with E-state index < -0.39 is 10.9 Å². The predicted molar refractivity (Wildman–Crippen MR) is 134 cm³/mol. The zero-order valence-electron chi connectivity index (χ0n) is 16.8. The van der Waals surface area contributed by atoms with Crippen molar-refractivity contribution in [2.45, 2.75) is 5.75 Å². The number of nitro groups is 1. The fraction of sp³-hybridized carbons (Fsp3) is 0.0435. The molecule has 0 heterocycles. The number of allylic oxidation sites excluding steroid dienone is 1. The van der Waals surface area contributed by atoms with E-state index in [1.165, 1.54) is 60.3 Å². The van der Waals surface area contributed by atoms with Crippen LogP contribution in [0.4, 0.5) is 15.8 Å². The first-order valence-electron chi connectivity index (χ1n) is 9.36. The molecular weight excluding hydrogens is 562 g/mol. The van der Waals surface area contributed by atoms with Crippen molar-refractivity contribution in [3.05, 3.63) is 110 Å². The van der Waals surface area contributed by atoms with Gasteiger partial charge in [-0.15, -0.1) is 11.8 Å². The number of nitrogens with zero attached hydrogens (tertiary/aromatic N) is 1. The summed E-state index contributed by atoms with van der Waals surface area (Å²) in [7, 11) is 0. The van der Waals surface area contributed by atoms with E-state index in [1.54, 1.807) is 18.2 Å². The van der Waals surface area contributed by atoms with Gasteiger partial charge < -0.3 is 10.8 Å². The van der Waals surface area contributed by atoms with Gasteiger partial charge in [0.15, 0.2) is 5.78 Å². The first-order chi connectivity index (χ1) is 15.7. The topological polar surface area (TPSA) is 124 Å². The number of rotatable bonds is 8. The third-order valence-electron chi connectivity index (χ3n) is 4.58. The van der Waals surface area contributed by atoms with Gasteiger partial charge in [0.05, 0.1) is 15.4 Å². The molecule has 7 nitrogen and oxygen atoms in total. The van der Waals surface area contributed by atoms with Crippen LogP contribution in [0.25, 0.3) is 3.58 Å². The molecule has 0 aliphatic heterocycles. The summed E-state index contributed by atoms with van der Waals surface area (Å²) < 4.78 is 13.7. The molecule has 0 aliphatic rings. The lowest BCUT2D eigenvalue weighted by Gasteiger charge is -2.12. The summed E-state index contributed by atoms with van der Waals surface area (Å²) in [6.45, 7) is 0. The summed E-state index contributed by atoms with van der Waals surface area (Å²) >= 11 is 3.15. The van der Waals surface area contributed by atoms with Crippen molar-refractivity contribution in [3.8, 4) is 0 Å². The Bertz CT molecular complexity index is 1260. The number of carboxylic acid groups (broad SMARTS) is 1. The number of nitro benzene ring substituents is 1. The molecule has 0 aliphatic carbocycles. The van der Waals surface area contributed by atoms with E-state index in [1.807, 2.05) is 22.6 Å². The highest BCUT2D eigenvalue weighted by atomic mass is 127. The third kappa shape index (κ3) is 5.96. The quantitative estimate of drug-likeness (QED) is 0.0848. The molecule has 33 heavy (non-hydrogen) atoms. The minimum atomic E-state index is -1.11.